The third kappa shape index (κ3) is 3.03. The zero-order chi connectivity index (χ0) is 14.0. The second-order valence-electron chi connectivity index (χ2n) is 4.16. The van der Waals surface area contributed by atoms with Crippen molar-refractivity contribution in [2.24, 2.45) is 0 Å². The minimum Gasteiger partial charge on any atom is -0.478 e. The Morgan fingerprint density at radius 3 is 2.58 bits per heavy atom. The van der Waals surface area contributed by atoms with Crippen LogP contribution in [0.25, 0.3) is 0 Å². The minimum absolute atomic E-state index is 0.0254. The van der Waals surface area contributed by atoms with Gasteiger partial charge in [-0.25, -0.2) is 9.78 Å². The topological polar surface area (TPSA) is 59.4 Å². The van der Waals surface area contributed by atoms with E-state index in [1.807, 2.05) is 32.0 Å². The van der Waals surface area contributed by atoms with Crippen LogP contribution >= 0.6 is 11.6 Å². The molecule has 0 saturated carbocycles. The lowest BCUT2D eigenvalue weighted by Crippen LogP contribution is -1.98. The normalized spacial score (nSPS) is 10.3. The second-order valence-corrected chi connectivity index (χ2v) is 4.57. The van der Waals surface area contributed by atoms with E-state index in [-0.39, 0.29) is 16.5 Å². The number of carboxylic acid groups (broad SMARTS) is 1. The Hall–Kier alpha value is -2.07. The quantitative estimate of drug-likeness (QED) is 0.926. The van der Waals surface area contributed by atoms with Crippen molar-refractivity contribution < 1.29 is 14.6 Å². The van der Waals surface area contributed by atoms with Crippen LogP contribution in [0.2, 0.25) is 5.02 Å². The summed E-state index contributed by atoms with van der Waals surface area (Å²) in [6.45, 7) is 3.98. The molecule has 1 N–H and O–H groups in total. The Balaban J connectivity index is 2.28. The number of aryl methyl sites for hydroxylation is 2. The Kier molecular flexibility index (Phi) is 3.71. The molecule has 0 atom stereocenters. The highest BCUT2D eigenvalue weighted by Crippen LogP contribution is 2.28. The number of aromatic nitrogens is 1. The number of benzene rings is 1. The molecule has 98 valence electrons. The zero-order valence-electron chi connectivity index (χ0n) is 10.5. The Morgan fingerprint density at radius 2 is 2.00 bits per heavy atom. The molecule has 4 nitrogen and oxygen atoms in total. The van der Waals surface area contributed by atoms with Crippen LogP contribution in [-0.2, 0) is 0 Å². The predicted molar refractivity (Wildman–Crippen MR) is 72.2 cm³/mol. The molecule has 0 spiro atoms. The van der Waals surface area contributed by atoms with E-state index in [4.69, 9.17) is 21.4 Å². The van der Waals surface area contributed by atoms with Gasteiger partial charge < -0.3 is 9.84 Å². The van der Waals surface area contributed by atoms with E-state index >= 15 is 0 Å². The van der Waals surface area contributed by atoms with Crippen molar-refractivity contribution in [3.8, 4) is 11.6 Å². The largest absolute Gasteiger partial charge is 0.478 e. The van der Waals surface area contributed by atoms with Crippen molar-refractivity contribution in [2.75, 3.05) is 0 Å². The molecule has 1 aromatic heterocycles. The summed E-state index contributed by atoms with van der Waals surface area (Å²) in [4.78, 5) is 14.7. The summed E-state index contributed by atoms with van der Waals surface area (Å²) >= 11 is 5.94. The van der Waals surface area contributed by atoms with Gasteiger partial charge in [-0.15, -0.1) is 0 Å². The summed E-state index contributed by atoms with van der Waals surface area (Å²) in [5, 5.41) is 8.98. The molecule has 0 radical (unpaired) electrons. The minimum atomic E-state index is -1.08. The van der Waals surface area contributed by atoms with Crippen molar-refractivity contribution in [1.82, 2.24) is 4.98 Å². The van der Waals surface area contributed by atoms with Crippen molar-refractivity contribution in [2.45, 2.75) is 13.8 Å². The maximum Gasteiger partial charge on any atom is 0.337 e. The van der Waals surface area contributed by atoms with Crippen LogP contribution in [0.5, 0.6) is 11.6 Å². The molecule has 1 heterocycles. The van der Waals surface area contributed by atoms with Crippen LogP contribution in [0.4, 0.5) is 0 Å². The first kappa shape index (κ1) is 13.4. The summed E-state index contributed by atoms with van der Waals surface area (Å²) < 4.78 is 5.54. The van der Waals surface area contributed by atoms with Gasteiger partial charge >= 0.3 is 5.97 Å². The van der Waals surface area contributed by atoms with Crippen LogP contribution in [0.3, 0.4) is 0 Å². The SMILES string of the molecule is Cc1ccc(Oc2ncc(C(=O)O)cc2Cl)cc1C. The van der Waals surface area contributed by atoms with Gasteiger partial charge in [-0.3, -0.25) is 0 Å². The monoisotopic (exact) mass is 277 g/mol. The number of pyridine rings is 1. The summed E-state index contributed by atoms with van der Waals surface area (Å²) in [5.74, 6) is -0.275. The smallest absolute Gasteiger partial charge is 0.337 e. The third-order valence-electron chi connectivity index (χ3n) is 2.75. The summed E-state index contributed by atoms with van der Waals surface area (Å²) in [5.41, 5.74) is 2.28. The lowest BCUT2D eigenvalue weighted by atomic mass is 10.1. The highest BCUT2D eigenvalue weighted by molar-refractivity contribution is 6.32. The average Bonchev–Trinajstić information content (AvgIpc) is 2.36. The summed E-state index contributed by atoms with van der Waals surface area (Å²) in [6, 6.07) is 6.93. The van der Waals surface area contributed by atoms with E-state index in [2.05, 4.69) is 4.98 Å². The first-order valence-electron chi connectivity index (χ1n) is 5.61. The molecular weight excluding hydrogens is 266 g/mol. The van der Waals surface area contributed by atoms with Crippen LogP contribution in [0.15, 0.2) is 30.5 Å². The molecule has 0 aliphatic rings. The van der Waals surface area contributed by atoms with Crippen molar-refractivity contribution in [3.05, 3.63) is 52.2 Å². The third-order valence-corrected chi connectivity index (χ3v) is 3.02. The molecule has 0 fully saturated rings. The fourth-order valence-electron chi connectivity index (χ4n) is 1.51. The molecule has 0 aliphatic carbocycles. The lowest BCUT2D eigenvalue weighted by molar-refractivity contribution is 0.0696. The van der Waals surface area contributed by atoms with E-state index in [0.29, 0.717) is 5.75 Å². The fraction of sp³-hybridized carbons (Fsp3) is 0.143. The molecule has 0 saturated heterocycles. The Labute approximate surface area is 115 Å². The molecule has 2 rings (SSSR count). The van der Waals surface area contributed by atoms with Gasteiger partial charge in [0.2, 0.25) is 5.88 Å². The van der Waals surface area contributed by atoms with E-state index in [1.54, 1.807) is 0 Å². The number of hydrogen-bond donors (Lipinski definition) is 1. The van der Waals surface area contributed by atoms with Gasteiger partial charge in [0, 0.05) is 6.20 Å². The highest BCUT2D eigenvalue weighted by atomic mass is 35.5. The maximum absolute atomic E-state index is 10.8. The molecule has 0 amide bonds. The number of ether oxygens (including phenoxy) is 1. The van der Waals surface area contributed by atoms with E-state index in [0.717, 1.165) is 11.1 Å². The number of halogens is 1. The summed E-state index contributed by atoms with van der Waals surface area (Å²) in [7, 11) is 0. The molecule has 0 bridgehead atoms. The fourth-order valence-corrected chi connectivity index (χ4v) is 1.71. The maximum atomic E-state index is 10.8. The molecule has 2 aromatic rings. The number of carbonyl (C=O) groups is 1. The Morgan fingerprint density at radius 1 is 1.26 bits per heavy atom. The number of nitrogens with zero attached hydrogens (tertiary/aromatic N) is 1. The van der Waals surface area contributed by atoms with Gasteiger partial charge in [-0.1, -0.05) is 17.7 Å². The Bertz CT molecular complexity index is 641. The lowest BCUT2D eigenvalue weighted by Gasteiger charge is -2.08. The molecular formula is C14H12ClNO3. The van der Waals surface area contributed by atoms with E-state index in [1.165, 1.54) is 12.3 Å². The van der Waals surface area contributed by atoms with Crippen molar-refractivity contribution in [3.63, 3.8) is 0 Å². The molecule has 1 aromatic carbocycles. The number of rotatable bonds is 3. The second kappa shape index (κ2) is 5.28. The van der Waals surface area contributed by atoms with Gasteiger partial charge in [0.05, 0.1) is 5.56 Å². The predicted octanol–water partition coefficient (Wildman–Crippen LogP) is 3.84. The molecule has 19 heavy (non-hydrogen) atoms. The van der Waals surface area contributed by atoms with E-state index in [9.17, 15) is 4.79 Å². The van der Waals surface area contributed by atoms with Gasteiger partial charge in [-0.05, 0) is 43.2 Å². The molecule has 0 unspecified atom stereocenters. The number of carboxylic acids is 1. The van der Waals surface area contributed by atoms with Gasteiger partial charge in [-0.2, -0.15) is 0 Å². The van der Waals surface area contributed by atoms with Gasteiger partial charge in [0.25, 0.3) is 0 Å². The molecule has 5 heteroatoms. The van der Waals surface area contributed by atoms with Crippen molar-refractivity contribution >= 4 is 17.6 Å². The van der Waals surface area contributed by atoms with Crippen molar-refractivity contribution in [1.29, 1.82) is 0 Å². The van der Waals surface area contributed by atoms with Crippen LogP contribution in [0, 0.1) is 13.8 Å². The summed E-state index contributed by atoms with van der Waals surface area (Å²) in [6.07, 6.45) is 1.21. The van der Waals surface area contributed by atoms with Gasteiger partial charge in [0.1, 0.15) is 10.8 Å². The first-order valence-corrected chi connectivity index (χ1v) is 5.99. The van der Waals surface area contributed by atoms with Crippen LogP contribution < -0.4 is 4.74 Å². The number of aromatic carboxylic acids is 1. The number of hydrogen-bond acceptors (Lipinski definition) is 3. The first-order chi connectivity index (χ1) is 8.97. The zero-order valence-corrected chi connectivity index (χ0v) is 11.2. The van der Waals surface area contributed by atoms with Crippen LogP contribution in [0.1, 0.15) is 21.5 Å². The van der Waals surface area contributed by atoms with Gasteiger partial charge in [0.15, 0.2) is 0 Å². The molecule has 0 aliphatic heterocycles. The van der Waals surface area contributed by atoms with Crippen LogP contribution in [-0.4, -0.2) is 16.1 Å². The standard InChI is InChI=1S/C14H12ClNO3/c1-8-3-4-11(5-9(8)2)19-13-12(15)6-10(7-16-13)14(17)18/h3-7H,1-2H3,(H,17,18). The van der Waals surface area contributed by atoms with E-state index < -0.39 is 5.97 Å². The average molecular weight is 278 g/mol. The highest BCUT2D eigenvalue weighted by Gasteiger charge is 2.10.